The number of hydrogen-bond acceptors (Lipinski definition) is 4. The number of nitrogens with two attached hydrogens (primary N) is 1. The zero-order valence-corrected chi connectivity index (χ0v) is 17.1. The Morgan fingerprint density at radius 3 is 2.53 bits per heavy atom. The van der Waals surface area contributed by atoms with Crippen molar-refractivity contribution in [3.63, 3.8) is 0 Å². The predicted octanol–water partition coefficient (Wildman–Crippen LogP) is 4.91. The number of ether oxygens (including phenoxy) is 2. The third-order valence-electron chi connectivity index (χ3n) is 4.80. The number of carbonyl (C=O) groups excluding carboxylic acids is 1. The Kier molecular flexibility index (Phi) is 6.91. The van der Waals surface area contributed by atoms with Crippen LogP contribution in [-0.2, 0) is 11.3 Å². The largest absolute Gasteiger partial charge is 0.497 e. The zero-order valence-electron chi connectivity index (χ0n) is 17.1. The summed E-state index contributed by atoms with van der Waals surface area (Å²) >= 11 is 0. The average Bonchev–Trinajstić information content (AvgIpc) is 2.90. The molecule has 6 heteroatoms. The summed E-state index contributed by atoms with van der Waals surface area (Å²) in [5, 5.41) is 2.84. The van der Waals surface area contributed by atoms with E-state index in [1.165, 1.54) is 12.2 Å². The molecule has 0 spiro atoms. The normalized spacial score (nSPS) is 13.8. The second kappa shape index (κ2) is 9.78. The molecule has 0 atom stereocenters. The second-order valence-electron chi connectivity index (χ2n) is 6.86. The number of benzene rings is 2. The van der Waals surface area contributed by atoms with E-state index in [0.717, 1.165) is 11.3 Å². The van der Waals surface area contributed by atoms with Crippen LogP contribution >= 0.6 is 0 Å². The Morgan fingerprint density at radius 1 is 1.10 bits per heavy atom. The van der Waals surface area contributed by atoms with Crippen molar-refractivity contribution in [1.29, 1.82) is 0 Å². The molecule has 0 saturated carbocycles. The van der Waals surface area contributed by atoms with Gasteiger partial charge in [0.2, 0.25) is 0 Å². The Labute approximate surface area is 175 Å². The van der Waals surface area contributed by atoms with Gasteiger partial charge in [-0.3, -0.25) is 4.79 Å². The molecule has 0 radical (unpaired) electrons. The molecule has 0 unspecified atom stereocenters. The van der Waals surface area contributed by atoms with E-state index in [4.69, 9.17) is 15.2 Å². The van der Waals surface area contributed by atoms with E-state index in [9.17, 15) is 9.18 Å². The van der Waals surface area contributed by atoms with Gasteiger partial charge in [-0.2, -0.15) is 0 Å². The van der Waals surface area contributed by atoms with Gasteiger partial charge >= 0.3 is 0 Å². The first-order valence-electron chi connectivity index (χ1n) is 9.73. The fraction of sp³-hybridized carbons (Fsp3) is 0.208. The smallest absolute Gasteiger partial charge is 0.253 e. The van der Waals surface area contributed by atoms with Crippen molar-refractivity contribution in [2.75, 3.05) is 7.11 Å². The van der Waals surface area contributed by atoms with Gasteiger partial charge in [0, 0.05) is 18.7 Å². The van der Waals surface area contributed by atoms with Crippen molar-refractivity contribution in [1.82, 2.24) is 5.32 Å². The number of methoxy groups -OCH3 is 1. The summed E-state index contributed by atoms with van der Waals surface area (Å²) in [6.45, 7) is 2.15. The van der Waals surface area contributed by atoms with Gasteiger partial charge in [-0.15, -0.1) is 0 Å². The van der Waals surface area contributed by atoms with Crippen LogP contribution in [0.25, 0.3) is 0 Å². The van der Waals surface area contributed by atoms with Crippen molar-refractivity contribution in [2.24, 2.45) is 5.73 Å². The lowest BCUT2D eigenvalue weighted by molar-refractivity contribution is -0.117. The minimum Gasteiger partial charge on any atom is -0.497 e. The third-order valence-corrected chi connectivity index (χ3v) is 4.80. The van der Waals surface area contributed by atoms with Crippen molar-refractivity contribution in [3.8, 4) is 17.2 Å². The highest BCUT2D eigenvalue weighted by atomic mass is 19.1. The van der Waals surface area contributed by atoms with Crippen LogP contribution in [0.15, 0.2) is 83.4 Å². The predicted molar refractivity (Wildman–Crippen MR) is 115 cm³/mol. The van der Waals surface area contributed by atoms with Crippen LogP contribution in [0.2, 0.25) is 0 Å². The first kappa shape index (κ1) is 21.2. The van der Waals surface area contributed by atoms with Gasteiger partial charge in [-0.1, -0.05) is 19.1 Å². The molecule has 1 aliphatic rings. The van der Waals surface area contributed by atoms with E-state index in [0.29, 0.717) is 41.3 Å². The van der Waals surface area contributed by atoms with E-state index < -0.39 is 0 Å². The number of halogens is 1. The molecule has 1 aliphatic carbocycles. The van der Waals surface area contributed by atoms with Gasteiger partial charge in [0.05, 0.1) is 12.7 Å². The molecule has 0 heterocycles. The van der Waals surface area contributed by atoms with E-state index in [1.54, 1.807) is 7.11 Å². The van der Waals surface area contributed by atoms with Crippen molar-refractivity contribution in [2.45, 2.75) is 26.3 Å². The number of nitrogens with one attached hydrogen (secondary N) is 1. The molecule has 0 aliphatic heterocycles. The van der Waals surface area contributed by atoms with Crippen molar-refractivity contribution < 1.29 is 18.7 Å². The maximum Gasteiger partial charge on any atom is 0.253 e. The first-order chi connectivity index (χ1) is 14.5. The lowest BCUT2D eigenvalue weighted by Gasteiger charge is -2.11. The van der Waals surface area contributed by atoms with E-state index in [1.807, 2.05) is 55.5 Å². The fourth-order valence-corrected chi connectivity index (χ4v) is 3.08. The van der Waals surface area contributed by atoms with Crippen LogP contribution in [0.4, 0.5) is 4.39 Å². The minimum atomic E-state index is -0.338. The summed E-state index contributed by atoms with van der Waals surface area (Å²) in [7, 11) is 1.61. The Morgan fingerprint density at radius 2 is 1.83 bits per heavy atom. The number of hydrogen-bond donors (Lipinski definition) is 2. The van der Waals surface area contributed by atoms with Gasteiger partial charge in [0.15, 0.2) is 0 Å². The second-order valence-corrected chi connectivity index (χ2v) is 6.86. The van der Waals surface area contributed by atoms with Crippen LogP contribution in [0.5, 0.6) is 17.2 Å². The maximum atomic E-state index is 14.0. The highest BCUT2D eigenvalue weighted by Gasteiger charge is 2.16. The maximum absolute atomic E-state index is 14.0. The van der Waals surface area contributed by atoms with Crippen LogP contribution < -0.4 is 20.5 Å². The Hall–Kier alpha value is -3.54. The number of carbonyl (C=O) groups is 1. The topological polar surface area (TPSA) is 73.6 Å². The number of rotatable bonds is 7. The van der Waals surface area contributed by atoms with Crippen molar-refractivity contribution in [3.05, 3.63) is 88.9 Å². The first-order valence-corrected chi connectivity index (χ1v) is 9.73. The molecule has 0 fully saturated rings. The van der Waals surface area contributed by atoms with Crippen LogP contribution in [0, 0.1) is 0 Å². The summed E-state index contributed by atoms with van der Waals surface area (Å²) in [6, 6.07) is 14.7. The molecule has 2 aromatic carbocycles. The standard InChI is InChI=1S/C24H25FN2O3/c1-3-17-14-23(26)21(11-12-22(17)25)24(28)27-15-16-5-4-6-20(13-16)30-19-9-7-18(29-2)8-10-19/h4-13H,3,14-15,26H2,1-2H3,(H,27,28). The Balaban J connectivity index is 1.64. The van der Waals surface area contributed by atoms with E-state index in [2.05, 4.69) is 5.32 Å². The average molecular weight is 408 g/mol. The number of allylic oxidation sites excluding steroid dienone is 3. The van der Waals surface area contributed by atoms with E-state index >= 15 is 0 Å². The zero-order chi connectivity index (χ0) is 21.5. The van der Waals surface area contributed by atoms with Gasteiger partial charge in [-0.25, -0.2) is 4.39 Å². The van der Waals surface area contributed by atoms with Crippen LogP contribution in [-0.4, -0.2) is 13.0 Å². The lowest BCUT2D eigenvalue weighted by atomic mass is 10.1. The fourth-order valence-electron chi connectivity index (χ4n) is 3.08. The molecule has 5 nitrogen and oxygen atoms in total. The van der Waals surface area contributed by atoms with Gasteiger partial charge in [0.25, 0.3) is 5.91 Å². The molecule has 2 aromatic rings. The molecule has 1 amide bonds. The molecule has 3 N–H and O–H groups in total. The monoisotopic (exact) mass is 408 g/mol. The summed E-state index contributed by atoms with van der Waals surface area (Å²) in [4.78, 5) is 12.6. The summed E-state index contributed by atoms with van der Waals surface area (Å²) < 4.78 is 25.0. The van der Waals surface area contributed by atoms with Gasteiger partial charge in [0.1, 0.15) is 23.1 Å². The molecule has 0 bridgehead atoms. The number of amides is 1. The quantitative estimate of drug-likeness (QED) is 0.683. The summed E-state index contributed by atoms with van der Waals surface area (Å²) in [5.74, 6) is 1.42. The molecule has 30 heavy (non-hydrogen) atoms. The van der Waals surface area contributed by atoms with Gasteiger partial charge < -0.3 is 20.5 Å². The highest BCUT2D eigenvalue weighted by molar-refractivity contribution is 5.97. The SMILES string of the molecule is CCC1=C(F)C=CC(C(=O)NCc2cccc(Oc3ccc(OC)cc3)c2)=C(N)C1. The summed E-state index contributed by atoms with van der Waals surface area (Å²) in [5.41, 5.74) is 8.16. The molecular formula is C24H25FN2O3. The highest BCUT2D eigenvalue weighted by Crippen LogP contribution is 2.26. The van der Waals surface area contributed by atoms with Gasteiger partial charge in [-0.05, 0) is 66.1 Å². The molecule has 156 valence electrons. The minimum absolute atomic E-state index is 0.253. The summed E-state index contributed by atoms with van der Waals surface area (Å²) in [6.07, 6.45) is 3.54. The third kappa shape index (κ3) is 5.29. The van der Waals surface area contributed by atoms with Crippen LogP contribution in [0.1, 0.15) is 25.3 Å². The van der Waals surface area contributed by atoms with Crippen LogP contribution in [0.3, 0.4) is 0 Å². The molecule has 0 saturated heterocycles. The van der Waals surface area contributed by atoms with E-state index in [-0.39, 0.29) is 18.2 Å². The van der Waals surface area contributed by atoms with Crippen molar-refractivity contribution >= 4 is 5.91 Å². The Bertz CT molecular complexity index is 1010. The molecule has 3 rings (SSSR count). The molecular weight excluding hydrogens is 383 g/mol. The lowest BCUT2D eigenvalue weighted by Crippen LogP contribution is -2.26. The molecule has 0 aromatic heterocycles.